The summed E-state index contributed by atoms with van der Waals surface area (Å²) in [5, 5.41) is -0.0850. The first-order valence-corrected chi connectivity index (χ1v) is 6.98. The number of carbonyl (C=O) groups is 2. The molecule has 2 rings (SSSR count). The summed E-state index contributed by atoms with van der Waals surface area (Å²) in [6, 6.07) is 5.50. The molecular formula is C14H17NO2S. The summed E-state index contributed by atoms with van der Waals surface area (Å²) in [5.41, 5.74) is 1.59. The van der Waals surface area contributed by atoms with Gasteiger partial charge in [0.25, 0.3) is 0 Å². The molecule has 0 spiro atoms. The summed E-state index contributed by atoms with van der Waals surface area (Å²) in [6.07, 6.45) is 0.842. The number of amides is 1. The van der Waals surface area contributed by atoms with E-state index in [1.54, 1.807) is 6.07 Å². The summed E-state index contributed by atoms with van der Waals surface area (Å²) in [5.74, 6) is 0.572. The predicted octanol–water partition coefficient (Wildman–Crippen LogP) is 2.98. The van der Waals surface area contributed by atoms with Gasteiger partial charge in [0, 0.05) is 17.0 Å². The van der Waals surface area contributed by atoms with Crippen molar-refractivity contribution in [1.29, 1.82) is 0 Å². The molecule has 0 saturated carbocycles. The maximum atomic E-state index is 12.2. The number of benzene rings is 1. The van der Waals surface area contributed by atoms with Gasteiger partial charge in [0.2, 0.25) is 5.91 Å². The Morgan fingerprint density at radius 1 is 1.44 bits per heavy atom. The van der Waals surface area contributed by atoms with Crippen LogP contribution in [0.1, 0.15) is 31.1 Å². The van der Waals surface area contributed by atoms with Gasteiger partial charge in [0.05, 0.1) is 10.9 Å². The molecule has 1 aromatic rings. The van der Waals surface area contributed by atoms with Crippen molar-refractivity contribution >= 4 is 29.6 Å². The highest BCUT2D eigenvalue weighted by Gasteiger charge is 2.30. The molecule has 18 heavy (non-hydrogen) atoms. The minimum Gasteiger partial charge on any atom is -0.310 e. The molecule has 0 aliphatic carbocycles. The normalized spacial score (nSPS) is 19.0. The standard InChI is InChI=1S/C14H17NO2S/c1-9(2)7-15-12-5-4-11(8-16)6-13(12)18-10(3)14(15)17/h4-6,8-10H,7H2,1-3H3. The highest BCUT2D eigenvalue weighted by molar-refractivity contribution is 8.01. The number of rotatable bonds is 3. The highest BCUT2D eigenvalue weighted by atomic mass is 32.2. The van der Waals surface area contributed by atoms with E-state index in [1.165, 1.54) is 11.8 Å². The lowest BCUT2D eigenvalue weighted by Crippen LogP contribution is -2.41. The predicted molar refractivity (Wildman–Crippen MR) is 74.3 cm³/mol. The van der Waals surface area contributed by atoms with E-state index >= 15 is 0 Å². The maximum Gasteiger partial charge on any atom is 0.240 e. The molecule has 1 aliphatic rings. The van der Waals surface area contributed by atoms with Crippen molar-refractivity contribution in [3.8, 4) is 0 Å². The van der Waals surface area contributed by atoms with Crippen LogP contribution in [0.3, 0.4) is 0 Å². The Labute approximate surface area is 112 Å². The molecule has 96 valence electrons. The third-order valence-electron chi connectivity index (χ3n) is 2.88. The Morgan fingerprint density at radius 3 is 2.78 bits per heavy atom. The van der Waals surface area contributed by atoms with Gasteiger partial charge >= 0.3 is 0 Å². The van der Waals surface area contributed by atoms with Crippen LogP contribution in [-0.4, -0.2) is 24.0 Å². The van der Waals surface area contributed by atoms with Crippen molar-refractivity contribution in [2.24, 2.45) is 5.92 Å². The van der Waals surface area contributed by atoms with E-state index in [0.29, 0.717) is 11.5 Å². The lowest BCUT2D eigenvalue weighted by molar-refractivity contribution is -0.118. The van der Waals surface area contributed by atoms with Crippen LogP contribution in [0.2, 0.25) is 0 Å². The second-order valence-electron chi connectivity index (χ2n) is 4.95. The van der Waals surface area contributed by atoms with Gasteiger partial charge in [-0.1, -0.05) is 13.8 Å². The lowest BCUT2D eigenvalue weighted by Gasteiger charge is -2.33. The van der Waals surface area contributed by atoms with Crippen LogP contribution >= 0.6 is 11.8 Å². The van der Waals surface area contributed by atoms with Crippen molar-refractivity contribution < 1.29 is 9.59 Å². The number of hydrogen-bond donors (Lipinski definition) is 0. The molecule has 0 N–H and O–H groups in total. The van der Waals surface area contributed by atoms with Gasteiger partial charge in [-0.3, -0.25) is 9.59 Å². The summed E-state index contributed by atoms with van der Waals surface area (Å²) >= 11 is 1.53. The first kappa shape index (κ1) is 13.1. The van der Waals surface area contributed by atoms with E-state index in [2.05, 4.69) is 13.8 Å². The summed E-state index contributed by atoms with van der Waals surface area (Å²) in [7, 11) is 0. The van der Waals surface area contributed by atoms with Gasteiger partial charge in [-0.25, -0.2) is 0 Å². The Kier molecular flexibility index (Phi) is 3.76. The van der Waals surface area contributed by atoms with Crippen molar-refractivity contribution in [2.75, 3.05) is 11.4 Å². The maximum absolute atomic E-state index is 12.2. The average Bonchev–Trinajstić information content (AvgIpc) is 2.33. The van der Waals surface area contributed by atoms with Gasteiger partial charge in [0.1, 0.15) is 6.29 Å². The number of fused-ring (bicyclic) bond motifs is 1. The molecule has 1 amide bonds. The van der Waals surface area contributed by atoms with Crippen LogP contribution in [0, 0.1) is 5.92 Å². The molecule has 1 atom stereocenters. The summed E-state index contributed by atoms with van der Waals surface area (Å²) < 4.78 is 0. The zero-order valence-electron chi connectivity index (χ0n) is 10.8. The number of hydrogen-bond acceptors (Lipinski definition) is 3. The van der Waals surface area contributed by atoms with E-state index in [-0.39, 0.29) is 11.2 Å². The SMILES string of the molecule is CC(C)CN1C(=O)C(C)Sc2cc(C=O)ccc21. The van der Waals surface area contributed by atoms with Gasteiger partial charge in [-0.05, 0) is 31.0 Å². The van der Waals surface area contributed by atoms with Crippen LogP contribution in [0.15, 0.2) is 23.1 Å². The topological polar surface area (TPSA) is 37.4 Å². The monoisotopic (exact) mass is 263 g/mol. The van der Waals surface area contributed by atoms with Crippen LogP contribution in [0.4, 0.5) is 5.69 Å². The molecule has 1 aliphatic heterocycles. The fourth-order valence-corrected chi connectivity index (χ4v) is 3.17. The van der Waals surface area contributed by atoms with E-state index in [9.17, 15) is 9.59 Å². The highest BCUT2D eigenvalue weighted by Crippen LogP contribution is 2.39. The molecular weight excluding hydrogens is 246 g/mol. The van der Waals surface area contributed by atoms with E-state index in [4.69, 9.17) is 0 Å². The van der Waals surface area contributed by atoms with Crippen molar-refractivity contribution in [3.05, 3.63) is 23.8 Å². The number of thioether (sulfide) groups is 1. The van der Waals surface area contributed by atoms with E-state index < -0.39 is 0 Å². The number of anilines is 1. The molecule has 0 radical (unpaired) electrons. The van der Waals surface area contributed by atoms with Crippen molar-refractivity contribution in [2.45, 2.75) is 30.9 Å². The number of aldehydes is 1. The summed E-state index contributed by atoms with van der Waals surface area (Å²) in [6.45, 7) is 6.83. The molecule has 1 heterocycles. The number of carbonyl (C=O) groups excluding carboxylic acids is 2. The third-order valence-corrected chi connectivity index (χ3v) is 4.01. The molecule has 4 heteroatoms. The second kappa shape index (κ2) is 5.14. The van der Waals surface area contributed by atoms with Crippen LogP contribution < -0.4 is 4.90 Å². The van der Waals surface area contributed by atoms with E-state index in [1.807, 2.05) is 24.0 Å². The lowest BCUT2D eigenvalue weighted by atomic mass is 10.1. The average molecular weight is 263 g/mol. The second-order valence-corrected chi connectivity index (χ2v) is 6.33. The quantitative estimate of drug-likeness (QED) is 0.787. The minimum absolute atomic E-state index is 0.0850. The molecule has 0 aromatic heterocycles. The molecule has 0 bridgehead atoms. The van der Waals surface area contributed by atoms with Gasteiger partial charge in [-0.15, -0.1) is 11.8 Å². The summed E-state index contributed by atoms with van der Waals surface area (Å²) in [4.78, 5) is 25.9. The Balaban J connectivity index is 2.43. The molecule has 0 fully saturated rings. The fourth-order valence-electron chi connectivity index (χ4n) is 2.05. The number of nitrogens with zero attached hydrogens (tertiary/aromatic N) is 1. The molecule has 0 saturated heterocycles. The van der Waals surface area contributed by atoms with E-state index in [0.717, 1.165) is 23.4 Å². The zero-order chi connectivity index (χ0) is 13.3. The van der Waals surface area contributed by atoms with Crippen LogP contribution in [0.25, 0.3) is 0 Å². The Bertz CT molecular complexity index is 485. The van der Waals surface area contributed by atoms with Gasteiger partial charge in [-0.2, -0.15) is 0 Å². The largest absolute Gasteiger partial charge is 0.310 e. The van der Waals surface area contributed by atoms with Crippen LogP contribution in [-0.2, 0) is 4.79 Å². The van der Waals surface area contributed by atoms with Gasteiger partial charge in [0.15, 0.2) is 0 Å². The zero-order valence-corrected chi connectivity index (χ0v) is 11.7. The third kappa shape index (κ3) is 2.43. The first-order valence-electron chi connectivity index (χ1n) is 6.10. The van der Waals surface area contributed by atoms with Crippen molar-refractivity contribution in [3.63, 3.8) is 0 Å². The first-order chi connectivity index (χ1) is 8.52. The Hall–Kier alpha value is -1.29. The minimum atomic E-state index is -0.0850. The molecule has 1 unspecified atom stereocenters. The smallest absolute Gasteiger partial charge is 0.240 e. The Morgan fingerprint density at radius 2 is 2.17 bits per heavy atom. The van der Waals surface area contributed by atoms with Crippen LogP contribution in [0.5, 0.6) is 0 Å². The molecule has 1 aromatic carbocycles. The molecule has 3 nitrogen and oxygen atoms in total. The van der Waals surface area contributed by atoms with Gasteiger partial charge < -0.3 is 4.90 Å². The van der Waals surface area contributed by atoms with Crippen molar-refractivity contribution in [1.82, 2.24) is 0 Å². The fraction of sp³-hybridized carbons (Fsp3) is 0.429.